The molecule has 0 aliphatic rings. The molecule has 0 atom stereocenters. The SMILES string of the molecule is CCCC.C[O-].C[O-].C[O-].[Sn]. The molecule has 0 rings (SSSR count). The minimum Gasteiger partial charge on any atom is -0.857 e. The van der Waals surface area contributed by atoms with Crippen LogP contribution in [0.1, 0.15) is 26.7 Å². The monoisotopic (exact) mass is 271 g/mol. The van der Waals surface area contributed by atoms with Gasteiger partial charge in [-0.2, -0.15) is 21.3 Å². The largest absolute Gasteiger partial charge is 0.857 e. The topological polar surface area (TPSA) is 69.2 Å². The number of rotatable bonds is 1. The molecule has 0 aromatic heterocycles. The first-order chi connectivity index (χ1) is 4.91. The van der Waals surface area contributed by atoms with Crippen LogP contribution in [0.4, 0.5) is 0 Å². The van der Waals surface area contributed by atoms with Crippen molar-refractivity contribution in [3.8, 4) is 0 Å². The molecule has 0 aliphatic heterocycles. The van der Waals surface area contributed by atoms with E-state index in [9.17, 15) is 0 Å². The van der Waals surface area contributed by atoms with Gasteiger partial charge in [-0.3, -0.25) is 0 Å². The van der Waals surface area contributed by atoms with Gasteiger partial charge in [0.1, 0.15) is 0 Å². The van der Waals surface area contributed by atoms with Gasteiger partial charge in [0.05, 0.1) is 0 Å². The second-order valence-corrected chi connectivity index (χ2v) is 1.000. The van der Waals surface area contributed by atoms with Crippen LogP contribution >= 0.6 is 0 Å². The summed E-state index contributed by atoms with van der Waals surface area (Å²) in [4.78, 5) is 0. The van der Waals surface area contributed by atoms with E-state index in [1.165, 1.54) is 12.8 Å². The minimum atomic E-state index is 0. The molecule has 0 N–H and O–H groups in total. The van der Waals surface area contributed by atoms with Crippen LogP contribution in [0.15, 0.2) is 0 Å². The fourth-order valence-corrected chi connectivity index (χ4v) is 0. The summed E-state index contributed by atoms with van der Waals surface area (Å²) in [6, 6.07) is 0. The predicted octanol–water partition coefficient (Wildman–Crippen LogP) is -1.64. The molecule has 0 spiro atoms. The van der Waals surface area contributed by atoms with Gasteiger partial charge in [0.2, 0.25) is 0 Å². The summed E-state index contributed by atoms with van der Waals surface area (Å²) >= 11 is 0. The average molecular weight is 270 g/mol. The van der Waals surface area contributed by atoms with Crippen LogP contribution in [0.2, 0.25) is 0 Å². The van der Waals surface area contributed by atoms with Gasteiger partial charge in [0.25, 0.3) is 0 Å². The normalized spacial score (nSPS) is 4.36. The maximum Gasteiger partial charge on any atom is 0 e. The summed E-state index contributed by atoms with van der Waals surface area (Å²) < 4.78 is 0. The van der Waals surface area contributed by atoms with Crippen molar-refractivity contribution in [2.75, 3.05) is 21.3 Å². The van der Waals surface area contributed by atoms with Crippen molar-refractivity contribution in [3.63, 3.8) is 0 Å². The fourth-order valence-electron chi connectivity index (χ4n) is 0. The Kier molecular flexibility index (Phi) is 378. The zero-order valence-electron chi connectivity index (χ0n) is 8.14. The summed E-state index contributed by atoms with van der Waals surface area (Å²) in [7, 11) is 2.25. The maximum absolute atomic E-state index is 8.25. The number of hydrogen-bond acceptors (Lipinski definition) is 3. The van der Waals surface area contributed by atoms with Crippen LogP contribution in [0.5, 0.6) is 0 Å². The summed E-state index contributed by atoms with van der Waals surface area (Å²) in [5.74, 6) is 0. The third kappa shape index (κ3) is 285. The van der Waals surface area contributed by atoms with Crippen molar-refractivity contribution < 1.29 is 15.3 Å². The van der Waals surface area contributed by atoms with E-state index < -0.39 is 0 Å². The van der Waals surface area contributed by atoms with Gasteiger partial charge in [-0.25, -0.2) is 0 Å². The zero-order chi connectivity index (χ0) is 9.41. The molecule has 0 saturated carbocycles. The fraction of sp³-hybridized carbons (Fsp3) is 1.00. The smallest absolute Gasteiger partial charge is 0 e. The molecule has 0 aliphatic carbocycles. The maximum atomic E-state index is 8.25. The van der Waals surface area contributed by atoms with Crippen molar-refractivity contribution in [1.82, 2.24) is 0 Å². The van der Waals surface area contributed by atoms with E-state index >= 15 is 0 Å². The van der Waals surface area contributed by atoms with E-state index in [0.717, 1.165) is 21.3 Å². The van der Waals surface area contributed by atoms with Crippen molar-refractivity contribution in [3.05, 3.63) is 0 Å². The molecule has 72 valence electrons. The standard InChI is InChI=1S/C4H10.3CH3O.Sn/c1-3-4-2;3*1-2;/h3-4H2,1-2H3;3*1H3;/q;3*-1;. The van der Waals surface area contributed by atoms with Gasteiger partial charge in [0.15, 0.2) is 0 Å². The predicted molar refractivity (Wildman–Crippen MR) is 44.1 cm³/mol. The van der Waals surface area contributed by atoms with Gasteiger partial charge in [-0.1, -0.05) is 26.7 Å². The number of unbranched alkanes of at least 4 members (excludes halogenated alkanes) is 1. The van der Waals surface area contributed by atoms with Crippen molar-refractivity contribution >= 4 is 23.9 Å². The Balaban J connectivity index is -0.0000000152. The molecule has 0 bridgehead atoms. The van der Waals surface area contributed by atoms with Crippen molar-refractivity contribution in [2.24, 2.45) is 0 Å². The molecule has 0 fully saturated rings. The Morgan fingerprint density at radius 1 is 0.636 bits per heavy atom. The third-order valence-corrected chi connectivity index (χ3v) is 0.500. The van der Waals surface area contributed by atoms with E-state index in [2.05, 4.69) is 13.8 Å². The Labute approximate surface area is 87.4 Å². The van der Waals surface area contributed by atoms with Crippen LogP contribution in [0.25, 0.3) is 0 Å². The average Bonchev–Trinajstić information content (AvgIpc) is 2.14. The van der Waals surface area contributed by atoms with E-state index in [1.54, 1.807) is 0 Å². The van der Waals surface area contributed by atoms with E-state index in [0.29, 0.717) is 0 Å². The van der Waals surface area contributed by atoms with Crippen molar-refractivity contribution in [1.29, 1.82) is 0 Å². The Morgan fingerprint density at radius 2 is 0.727 bits per heavy atom. The Morgan fingerprint density at radius 3 is 0.727 bits per heavy atom. The minimum absolute atomic E-state index is 0. The van der Waals surface area contributed by atoms with Crippen LogP contribution in [0, 0.1) is 0 Å². The molecule has 11 heavy (non-hydrogen) atoms. The molecule has 0 heterocycles. The van der Waals surface area contributed by atoms with Gasteiger partial charge in [0, 0.05) is 23.9 Å². The molecule has 0 aromatic carbocycles. The van der Waals surface area contributed by atoms with Gasteiger partial charge >= 0.3 is 0 Å². The van der Waals surface area contributed by atoms with Gasteiger partial charge < -0.3 is 15.3 Å². The first kappa shape index (κ1) is 29.9. The Bertz CT molecular complexity index is 15.6. The van der Waals surface area contributed by atoms with E-state index in [1.807, 2.05) is 0 Å². The summed E-state index contributed by atoms with van der Waals surface area (Å²) in [5.41, 5.74) is 0. The quantitative estimate of drug-likeness (QED) is 0.536. The summed E-state index contributed by atoms with van der Waals surface area (Å²) in [6.45, 7) is 4.36. The van der Waals surface area contributed by atoms with E-state index in [-0.39, 0.29) is 23.9 Å². The molecular weight excluding hydrogens is 251 g/mol. The van der Waals surface area contributed by atoms with Crippen LogP contribution in [-0.2, 0) is 0 Å². The second kappa shape index (κ2) is 139. The van der Waals surface area contributed by atoms with E-state index in [4.69, 9.17) is 15.3 Å². The summed E-state index contributed by atoms with van der Waals surface area (Å²) in [6.07, 6.45) is 2.64. The molecule has 3 nitrogen and oxygen atoms in total. The molecular formula is C7H19O3Sn-3. The molecule has 0 aromatic rings. The Hall–Kier alpha value is 0.679. The van der Waals surface area contributed by atoms with Crippen molar-refractivity contribution in [2.45, 2.75) is 26.7 Å². The summed E-state index contributed by atoms with van der Waals surface area (Å²) in [5, 5.41) is 24.8. The molecule has 0 saturated heterocycles. The first-order valence-corrected chi connectivity index (χ1v) is 3.14. The van der Waals surface area contributed by atoms with Gasteiger partial charge in [-0.05, 0) is 0 Å². The molecule has 4 radical (unpaired) electrons. The number of hydrogen-bond donors (Lipinski definition) is 0. The third-order valence-electron chi connectivity index (χ3n) is 0.500. The molecule has 0 unspecified atom stereocenters. The second-order valence-electron chi connectivity index (χ2n) is 1.000. The van der Waals surface area contributed by atoms with Gasteiger partial charge in [-0.15, -0.1) is 0 Å². The van der Waals surface area contributed by atoms with Crippen LogP contribution in [-0.4, -0.2) is 45.2 Å². The first-order valence-electron chi connectivity index (χ1n) is 3.14. The van der Waals surface area contributed by atoms with Crippen LogP contribution < -0.4 is 15.3 Å². The zero-order valence-corrected chi connectivity index (χ0v) is 11.0. The molecule has 4 heteroatoms. The molecule has 0 amide bonds. The van der Waals surface area contributed by atoms with Crippen LogP contribution in [0.3, 0.4) is 0 Å².